The third-order valence-electron chi connectivity index (χ3n) is 5.28. The fourth-order valence-corrected chi connectivity index (χ4v) is 4.36. The number of halogens is 1. The molecule has 204 valence electrons. The molecule has 0 saturated heterocycles. The van der Waals surface area contributed by atoms with Crippen LogP contribution in [0.4, 0.5) is 10.2 Å². The number of aromatic nitrogens is 2. The smallest absolute Gasteiger partial charge is 0.281 e. The van der Waals surface area contributed by atoms with Gasteiger partial charge in [-0.15, -0.1) is 0 Å². The number of anilines is 1. The molecule has 11 heteroatoms. The van der Waals surface area contributed by atoms with E-state index in [0.717, 1.165) is 0 Å². The number of carbonyl (C=O) groups excluding carboxylic acids is 1. The molecule has 1 amide bonds. The molecule has 0 aliphatic heterocycles. The molecule has 0 aliphatic rings. The first-order valence-corrected chi connectivity index (χ1v) is 13.6. The lowest BCUT2D eigenvalue weighted by molar-refractivity contribution is 0.0748. The first-order chi connectivity index (χ1) is 17.7. The van der Waals surface area contributed by atoms with Crippen LogP contribution in [0.25, 0.3) is 11.3 Å². The fourth-order valence-electron chi connectivity index (χ4n) is 3.38. The Kier molecular flexibility index (Phi) is 9.05. The van der Waals surface area contributed by atoms with Crippen LogP contribution in [-0.4, -0.2) is 48.2 Å². The number of pyridine rings is 2. The summed E-state index contributed by atoms with van der Waals surface area (Å²) in [7, 11) is -4.25. The Hall–Kier alpha value is -3.57. The molecule has 0 spiro atoms. The first kappa shape index (κ1) is 29.0. The molecule has 0 radical (unpaired) electrons. The zero-order valence-corrected chi connectivity index (χ0v) is 22.9. The molecule has 0 saturated carbocycles. The van der Waals surface area contributed by atoms with E-state index >= 15 is 0 Å². The zero-order chi connectivity index (χ0) is 28.1. The van der Waals surface area contributed by atoms with Crippen LogP contribution in [0.1, 0.15) is 50.2 Å². The maximum atomic E-state index is 14.4. The van der Waals surface area contributed by atoms with Gasteiger partial charge in [0.05, 0.1) is 23.5 Å². The number of hydrogen-bond donors (Lipinski definition) is 3. The molecule has 3 aromatic rings. The largest absolute Gasteiger partial charge is 0.493 e. The van der Waals surface area contributed by atoms with Gasteiger partial charge in [0.15, 0.2) is 5.03 Å². The van der Waals surface area contributed by atoms with Crippen molar-refractivity contribution in [3.05, 3.63) is 65.6 Å². The molecule has 0 fully saturated rings. The Balaban J connectivity index is 1.96. The summed E-state index contributed by atoms with van der Waals surface area (Å²) in [5.41, 5.74) is 0.195. The molecule has 2 aromatic heterocycles. The number of aryl methyl sites for hydroxylation is 1. The molecule has 0 unspecified atom stereocenters. The number of sulfonamides is 1. The van der Waals surface area contributed by atoms with Gasteiger partial charge >= 0.3 is 0 Å². The maximum Gasteiger partial charge on any atom is 0.281 e. The Morgan fingerprint density at radius 1 is 1.13 bits per heavy atom. The Labute approximate surface area is 222 Å². The number of rotatable bonds is 11. The summed E-state index contributed by atoms with van der Waals surface area (Å²) in [6.07, 6.45) is 0.318. The van der Waals surface area contributed by atoms with E-state index in [9.17, 15) is 22.7 Å². The van der Waals surface area contributed by atoms with Gasteiger partial charge in [0.2, 0.25) is 0 Å². The normalized spacial score (nSPS) is 11.9. The predicted octanol–water partition coefficient (Wildman–Crippen LogP) is 4.32. The second-order valence-electron chi connectivity index (χ2n) is 10.0. The minimum atomic E-state index is -4.25. The highest BCUT2D eigenvalue weighted by molar-refractivity contribution is 7.90. The van der Waals surface area contributed by atoms with E-state index in [-0.39, 0.29) is 28.9 Å². The van der Waals surface area contributed by atoms with Crippen LogP contribution in [0.15, 0.2) is 53.6 Å². The summed E-state index contributed by atoms with van der Waals surface area (Å²) in [4.78, 5) is 21.5. The highest BCUT2D eigenvalue weighted by atomic mass is 32.2. The molecule has 38 heavy (non-hydrogen) atoms. The molecule has 0 atom stereocenters. The van der Waals surface area contributed by atoms with Crippen molar-refractivity contribution >= 4 is 21.7 Å². The number of benzene rings is 1. The fraction of sp³-hybridized carbons (Fsp3) is 0.370. The summed E-state index contributed by atoms with van der Waals surface area (Å²) >= 11 is 0. The summed E-state index contributed by atoms with van der Waals surface area (Å²) in [6.45, 7) is 9.51. The lowest BCUT2D eigenvalue weighted by atomic mass is 10.1. The van der Waals surface area contributed by atoms with Crippen molar-refractivity contribution in [2.45, 2.75) is 51.7 Å². The summed E-state index contributed by atoms with van der Waals surface area (Å²) in [5, 5.41) is 12.8. The van der Waals surface area contributed by atoms with Crippen molar-refractivity contribution in [3.63, 3.8) is 0 Å². The molecule has 0 bridgehead atoms. The number of nitrogens with one attached hydrogen (secondary N) is 2. The van der Waals surface area contributed by atoms with Crippen molar-refractivity contribution < 1.29 is 27.4 Å². The molecular weight excluding hydrogens is 511 g/mol. The summed E-state index contributed by atoms with van der Waals surface area (Å²) in [6, 6.07) is 11.6. The van der Waals surface area contributed by atoms with Gasteiger partial charge in [0.1, 0.15) is 17.4 Å². The van der Waals surface area contributed by atoms with Crippen LogP contribution in [-0.2, 0) is 10.0 Å². The highest BCUT2D eigenvalue weighted by Gasteiger charge is 2.23. The van der Waals surface area contributed by atoms with Crippen LogP contribution >= 0.6 is 0 Å². The highest BCUT2D eigenvalue weighted by Crippen LogP contribution is 2.27. The van der Waals surface area contributed by atoms with Crippen molar-refractivity contribution in [3.8, 4) is 17.0 Å². The SMILES string of the molecule is Cc1cccc(S(=O)(=O)NC(=O)c2ccc(-c3cc(F)cc(OCC(C)C)c3)nc2NCCC(C)(C)O)n1. The van der Waals surface area contributed by atoms with Crippen LogP contribution in [0.5, 0.6) is 5.75 Å². The van der Waals surface area contributed by atoms with Gasteiger partial charge in [-0.05, 0) is 69.5 Å². The van der Waals surface area contributed by atoms with Crippen molar-refractivity contribution in [2.75, 3.05) is 18.5 Å². The summed E-state index contributed by atoms with van der Waals surface area (Å²) in [5.74, 6) is -0.775. The zero-order valence-electron chi connectivity index (χ0n) is 22.1. The second-order valence-corrected chi connectivity index (χ2v) is 11.6. The van der Waals surface area contributed by atoms with Crippen molar-refractivity contribution in [1.82, 2.24) is 14.7 Å². The molecule has 3 N–H and O–H groups in total. The Bertz CT molecular complexity index is 1400. The Morgan fingerprint density at radius 3 is 2.53 bits per heavy atom. The topological polar surface area (TPSA) is 131 Å². The van der Waals surface area contributed by atoms with E-state index in [1.54, 1.807) is 32.9 Å². The van der Waals surface area contributed by atoms with E-state index in [4.69, 9.17) is 4.74 Å². The average Bonchev–Trinajstić information content (AvgIpc) is 2.81. The van der Waals surface area contributed by atoms with E-state index in [2.05, 4.69) is 15.3 Å². The molecular formula is C27H33FN4O5S. The number of carbonyl (C=O) groups is 1. The van der Waals surface area contributed by atoms with E-state index < -0.39 is 27.3 Å². The summed E-state index contributed by atoms with van der Waals surface area (Å²) < 4.78 is 47.6. The van der Waals surface area contributed by atoms with Gasteiger partial charge in [0.25, 0.3) is 15.9 Å². The van der Waals surface area contributed by atoms with Gasteiger partial charge in [-0.2, -0.15) is 8.42 Å². The second kappa shape index (κ2) is 11.9. The van der Waals surface area contributed by atoms with Crippen LogP contribution in [0.2, 0.25) is 0 Å². The van der Waals surface area contributed by atoms with Crippen molar-refractivity contribution in [1.29, 1.82) is 0 Å². The predicted molar refractivity (Wildman–Crippen MR) is 143 cm³/mol. The number of hydrogen-bond acceptors (Lipinski definition) is 8. The van der Waals surface area contributed by atoms with Gasteiger partial charge in [0, 0.05) is 23.9 Å². The van der Waals surface area contributed by atoms with Crippen LogP contribution in [0.3, 0.4) is 0 Å². The number of amides is 1. The van der Waals surface area contributed by atoms with E-state index in [0.29, 0.717) is 35.7 Å². The average molecular weight is 545 g/mol. The van der Waals surface area contributed by atoms with E-state index in [1.165, 1.54) is 36.4 Å². The standard InChI is InChI=1S/C27H33FN4O5S/c1-17(2)16-37-21-14-19(13-20(28)15-21)23-10-9-22(25(31-23)29-12-11-27(4,5)34)26(33)32-38(35,36)24-8-6-7-18(3)30-24/h6-10,13-15,17,34H,11-12,16H2,1-5H3,(H,29,31)(H,32,33). The monoisotopic (exact) mass is 544 g/mol. The molecule has 0 aliphatic carbocycles. The first-order valence-electron chi connectivity index (χ1n) is 12.2. The van der Waals surface area contributed by atoms with Crippen LogP contribution < -0.4 is 14.8 Å². The van der Waals surface area contributed by atoms with Gasteiger partial charge in [-0.25, -0.2) is 19.1 Å². The maximum absolute atomic E-state index is 14.4. The van der Waals surface area contributed by atoms with Crippen molar-refractivity contribution in [2.24, 2.45) is 5.92 Å². The lowest BCUT2D eigenvalue weighted by Crippen LogP contribution is -2.32. The quantitative estimate of drug-likeness (QED) is 0.325. The minimum absolute atomic E-state index is 0.0478. The number of aliphatic hydroxyl groups is 1. The molecule has 9 nitrogen and oxygen atoms in total. The third kappa shape index (κ3) is 8.22. The van der Waals surface area contributed by atoms with Gasteiger partial charge < -0.3 is 15.2 Å². The third-order valence-corrected chi connectivity index (χ3v) is 6.52. The van der Waals surface area contributed by atoms with Crippen LogP contribution in [0, 0.1) is 18.7 Å². The molecule has 3 rings (SSSR count). The molecule has 2 heterocycles. The number of ether oxygens (including phenoxy) is 1. The van der Waals surface area contributed by atoms with E-state index in [1.807, 2.05) is 18.6 Å². The minimum Gasteiger partial charge on any atom is -0.493 e. The molecule has 1 aromatic carbocycles. The number of nitrogens with zero attached hydrogens (tertiary/aromatic N) is 2. The Morgan fingerprint density at radius 2 is 1.87 bits per heavy atom. The van der Waals surface area contributed by atoms with Gasteiger partial charge in [-0.3, -0.25) is 4.79 Å². The van der Waals surface area contributed by atoms with Gasteiger partial charge in [-0.1, -0.05) is 19.9 Å². The lowest BCUT2D eigenvalue weighted by Gasteiger charge is -2.19.